The van der Waals surface area contributed by atoms with Crippen LogP contribution in [0.2, 0.25) is 0 Å². The van der Waals surface area contributed by atoms with Gasteiger partial charge >= 0.3 is 0 Å². The molecule has 0 saturated heterocycles. The maximum Gasteiger partial charge on any atom is 0.256 e. The molecule has 18 heavy (non-hydrogen) atoms. The van der Waals surface area contributed by atoms with Gasteiger partial charge in [-0.05, 0) is 25.5 Å². The number of nitrogens with one attached hydrogen (secondary N) is 1. The van der Waals surface area contributed by atoms with E-state index in [1.807, 2.05) is 32.0 Å². The molecule has 0 aliphatic carbocycles. The number of nitrogens with zero attached hydrogens (tertiary/aromatic N) is 1. The summed E-state index contributed by atoms with van der Waals surface area (Å²) < 4.78 is 0.647. The molecule has 0 fully saturated rings. The number of hydrogen-bond acceptors (Lipinski definition) is 2. The van der Waals surface area contributed by atoms with E-state index in [4.69, 9.17) is 0 Å². The molecule has 4 nitrogen and oxygen atoms in total. The van der Waals surface area contributed by atoms with Crippen molar-refractivity contribution < 1.29 is 9.52 Å². The summed E-state index contributed by atoms with van der Waals surface area (Å²) in [5, 5.41) is 13.7. The van der Waals surface area contributed by atoms with Crippen molar-refractivity contribution >= 4 is 11.6 Å². The number of hydrogen-bond donors (Lipinski definition) is 1. The van der Waals surface area contributed by atoms with Crippen molar-refractivity contribution in [2.45, 2.75) is 13.8 Å². The molecule has 4 heteroatoms. The molecule has 2 aromatic rings. The smallest absolute Gasteiger partial charge is 0.256 e. The monoisotopic (exact) mass is 242 g/mol. The molecule has 0 atom stereocenters. The highest BCUT2D eigenvalue weighted by molar-refractivity contribution is 6.04. The Morgan fingerprint density at radius 2 is 1.83 bits per heavy atom. The maximum atomic E-state index is 11.9. The molecule has 0 unspecified atom stereocenters. The molecule has 0 aliphatic rings. The zero-order valence-electron chi connectivity index (χ0n) is 10.3. The summed E-state index contributed by atoms with van der Waals surface area (Å²) in [7, 11) is 0. The van der Waals surface area contributed by atoms with E-state index >= 15 is 0 Å². The molecule has 1 amide bonds. The van der Waals surface area contributed by atoms with Crippen LogP contribution in [0, 0.1) is 19.1 Å². The fourth-order valence-electron chi connectivity index (χ4n) is 1.71. The van der Waals surface area contributed by atoms with E-state index < -0.39 is 0 Å². The molecule has 1 heterocycles. The van der Waals surface area contributed by atoms with Gasteiger partial charge in [0.25, 0.3) is 5.91 Å². The third-order valence-corrected chi connectivity index (χ3v) is 2.69. The first-order valence-electron chi connectivity index (χ1n) is 5.64. The van der Waals surface area contributed by atoms with E-state index in [2.05, 4.69) is 5.32 Å². The Kier molecular flexibility index (Phi) is 3.28. The number of aryl methyl sites for hydroxylation is 2. The Morgan fingerprint density at radius 3 is 2.44 bits per heavy atom. The van der Waals surface area contributed by atoms with Gasteiger partial charge in [-0.15, -0.1) is 0 Å². The van der Waals surface area contributed by atoms with Crippen LogP contribution in [0.5, 0.6) is 0 Å². The first-order valence-corrected chi connectivity index (χ1v) is 5.64. The Balaban J connectivity index is 2.18. The summed E-state index contributed by atoms with van der Waals surface area (Å²) in [5.74, 6) is -0.220. The van der Waals surface area contributed by atoms with E-state index in [9.17, 15) is 10.0 Å². The average molecular weight is 242 g/mol. The van der Waals surface area contributed by atoms with Crippen LogP contribution in [0.15, 0.2) is 42.7 Å². The minimum atomic E-state index is -0.220. The van der Waals surface area contributed by atoms with Gasteiger partial charge in [-0.3, -0.25) is 4.79 Å². The summed E-state index contributed by atoms with van der Waals surface area (Å²) in [6, 6.07) is 8.81. The van der Waals surface area contributed by atoms with Gasteiger partial charge in [0, 0.05) is 17.8 Å². The maximum absolute atomic E-state index is 11.9. The molecule has 0 radical (unpaired) electrons. The van der Waals surface area contributed by atoms with E-state index in [1.54, 1.807) is 0 Å². The SMILES string of the molecule is Cc1ccc(NC(=O)c2cc[n+]([O-])cc2)c(C)c1. The molecule has 0 bridgehead atoms. The molecule has 1 aromatic heterocycles. The third kappa shape index (κ3) is 2.66. The van der Waals surface area contributed by atoms with Crippen LogP contribution >= 0.6 is 0 Å². The van der Waals surface area contributed by atoms with Gasteiger partial charge in [0.1, 0.15) is 0 Å². The lowest BCUT2D eigenvalue weighted by Crippen LogP contribution is -2.25. The molecule has 92 valence electrons. The number of pyridine rings is 1. The zero-order valence-corrected chi connectivity index (χ0v) is 10.3. The molecular weight excluding hydrogens is 228 g/mol. The average Bonchev–Trinajstić information content (AvgIpc) is 2.33. The van der Waals surface area contributed by atoms with Crippen molar-refractivity contribution in [1.82, 2.24) is 0 Å². The van der Waals surface area contributed by atoms with Crippen molar-refractivity contribution in [3.05, 3.63) is 64.6 Å². The lowest BCUT2D eigenvalue weighted by molar-refractivity contribution is -0.605. The van der Waals surface area contributed by atoms with Crippen molar-refractivity contribution in [1.29, 1.82) is 0 Å². The molecule has 0 saturated carbocycles. The second-order valence-corrected chi connectivity index (χ2v) is 4.22. The van der Waals surface area contributed by atoms with Gasteiger partial charge < -0.3 is 10.5 Å². The van der Waals surface area contributed by atoms with Gasteiger partial charge in [-0.25, -0.2) is 0 Å². The first kappa shape index (κ1) is 12.1. The predicted octanol–water partition coefficient (Wildman–Crippen LogP) is 2.19. The fraction of sp³-hybridized carbons (Fsp3) is 0.143. The van der Waals surface area contributed by atoms with Gasteiger partial charge in [-0.2, -0.15) is 4.73 Å². The van der Waals surface area contributed by atoms with Crippen LogP contribution in [0.1, 0.15) is 21.5 Å². The molecular formula is C14H14N2O2. The van der Waals surface area contributed by atoms with Crippen molar-refractivity contribution in [2.75, 3.05) is 5.32 Å². The summed E-state index contributed by atoms with van der Waals surface area (Å²) in [6.45, 7) is 3.95. The van der Waals surface area contributed by atoms with Crippen LogP contribution < -0.4 is 10.0 Å². The number of carbonyl (C=O) groups is 1. The van der Waals surface area contributed by atoms with Crippen molar-refractivity contribution in [3.63, 3.8) is 0 Å². The summed E-state index contributed by atoms with van der Waals surface area (Å²) >= 11 is 0. The minimum Gasteiger partial charge on any atom is -0.619 e. The highest BCUT2D eigenvalue weighted by Gasteiger charge is 2.08. The van der Waals surface area contributed by atoms with Gasteiger partial charge in [0.2, 0.25) is 0 Å². The van der Waals surface area contributed by atoms with Crippen LogP contribution in [-0.4, -0.2) is 5.91 Å². The lowest BCUT2D eigenvalue weighted by Gasteiger charge is -2.08. The van der Waals surface area contributed by atoms with E-state index in [-0.39, 0.29) is 5.91 Å². The Bertz CT molecular complexity index is 577. The normalized spacial score (nSPS) is 10.1. The highest BCUT2D eigenvalue weighted by Crippen LogP contribution is 2.16. The van der Waals surface area contributed by atoms with E-state index in [1.165, 1.54) is 24.5 Å². The topological polar surface area (TPSA) is 56.0 Å². The molecule has 0 spiro atoms. The van der Waals surface area contributed by atoms with E-state index in [0.717, 1.165) is 16.8 Å². The van der Waals surface area contributed by atoms with E-state index in [0.29, 0.717) is 10.3 Å². The highest BCUT2D eigenvalue weighted by atomic mass is 16.5. The standard InChI is InChI=1S/C14H14N2O2/c1-10-3-4-13(11(2)9-10)15-14(17)12-5-7-16(18)8-6-12/h3-9H,1-2H3,(H,15,17). The number of anilines is 1. The Morgan fingerprint density at radius 1 is 1.17 bits per heavy atom. The van der Waals surface area contributed by atoms with Crippen molar-refractivity contribution in [2.24, 2.45) is 0 Å². The quantitative estimate of drug-likeness (QED) is 0.648. The number of carbonyl (C=O) groups excluding carboxylic acids is 1. The second-order valence-electron chi connectivity index (χ2n) is 4.22. The van der Waals surface area contributed by atoms with Crippen LogP contribution in [0.3, 0.4) is 0 Å². The largest absolute Gasteiger partial charge is 0.619 e. The zero-order chi connectivity index (χ0) is 13.1. The van der Waals surface area contributed by atoms with Crippen LogP contribution in [0.25, 0.3) is 0 Å². The fourth-order valence-corrected chi connectivity index (χ4v) is 1.71. The first-order chi connectivity index (χ1) is 8.56. The number of aromatic nitrogens is 1. The molecule has 1 N–H and O–H groups in total. The molecule has 2 rings (SSSR count). The van der Waals surface area contributed by atoms with Gasteiger partial charge in [0.05, 0.1) is 5.56 Å². The van der Waals surface area contributed by atoms with Crippen LogP contribution in [-0.2, 0) is 0 Å². The second kappa shape index (κ2) is 4.87. The summed E-state index contributed by atoms with van der Waals surface area (Å²) in [6.07, 6.45) is 2.60. The lowest BCUT2D eigenvalue weighted by atomic mass is 10.1. The Labute approximate surface area is 105 Å². The molecule has 0 aliphatic heterocycles. The number of rotatable bonds is 2. The van der Waals surface area contributed by atoms with Gasteiger partial charge in [0.15, 0.2) is 12.4 Å². The van der Waals surface area contributed by atoms with Crippen LogP contribution in [0.4, 0.5) is 5.69 Å². The third-order valence-electron chi connectivity index (χ3n) is 2.69. The Hall–Kier alpha value is -2.36. The number of benzene rings is 1. The van der Waals surface area contributed by atoms with Crippen molar-refractivity contribution in [3.8, 4) is 0 Å². The minimum absolute atomic E-state index is 0.220. The summed E-state index contributed by atoms with van der Waals surface area (Å²) in [5.41, 5.74) is 3.40. The predicted molar refractivity (Wildman–Crippen MR) is 69.3 cm³/mol. The van der Waals surface area contributed by atoms with Gasteiger partial charge in [-0.1, -0.05) is 17.7 Å². The molecule has 1 aromatic carbocycles. The summed E-state index contributed by atoms with van der Waals surface area (Å²) in [4.78, 5) is 11.9. The number of amides is 1.